The van der Waals surface area contributed by atoms with Crippen molar-refractivity contribution in [2.75, 3.05) is 56.9 Å². The highest BCUT2D eigenvalue weighted by Gasteiger charge is 2.44. The number of benzene rings is 4. The van der Waals surface area contributed by atoms with Crippen molar-refractivity contribution in [3.63, 3.8) is 0 Å². The fourth-order valence-electron chi connectivity index (χ4n) is 17.1. The van der Waals surface area contributed by atoms with Crippen molar-refractivity contribution in [2.45, 2.75) is 184 Å². The number of aliphatic imine (C=N–C) groups is 2. The molecule has 6 aliphatic rings. The monoisotopic (exact) mass is 1310 g/mol. The first kappa shape index (κ1) is 68.5. The van der Waals surface area contributed by atoms with E-state index in [1.54, 1.807) is 23.6 Å². The number of hydrogen-bond acceptors (Lipinski definition) is 17. The molecule has 12 rings (SSSR count). The van der Waals surface area contributed by atoms with Gasteiger partial charge in [-0.25, -0.2) is 34.5 Å². The number of carbonyl (C=O) groups excluding carboxylic acids is 1. The summed E-state index contributed by atoms with van der Waals surface area (Å²) in [4.78, 5) is 52.5. The van der Waals surface area contributed by atoms with Gasteiger partial charge < -0.3 is 28.7 Å². The number of aryl methyl sites for hydroxylation is 4. The SMILES string of the molecule is COc1ccc(-c2nc3n(n2)/C(=N/c2cc4c(cc2C)N(CCOCCN2c5cc(C)c(/N=C6\C(C#N)=C(C(=O)OC7C(C)CC(C)CC7C)c7nc(-c8ccc(OC)c(C)c8)nn76)cc5C(C)CC2(C)C)C(C)(C)CC4C)C(C#N)=C3COOC2C(C)CC(C)CC2C)cc1C. The van der Waals surface area contributed by atoms with E-state index in [2.05, 4.69) is 136 Å². The first-order chi connectivity index (χ1) is 46.2. The van der Waals surface area contributed by atoms with Crippen LogP contribution in [-0.4, -0.2) is 118 Å². The largest absolute Gasteiger partial charge is 0.496 e. The molecule has 0 radical (unpaired) electrons. The van der Waals surface area contributed by atoms with Crippen LogP contribution in [0.3, 0.4) is 0 Å². The molecule has 0 spiro atoms. The van der Waals surface area contributed by atoms with E-state index in [0.717, 1.165) is 106 Å². The maximum Gasteiger partial charge on any atom is 0.343 e. The number of allylic oxidation sites excluding steroid dienone is 2. The normalized spacial score (nSPS) is 25.6. The number of ether oxygens (including phenoxy) is 4. The third kappa shape index (κ3) is 13.0. The highest BCUT2D eigenvalue weighted by atomic mass is 17.2. The number of esters is 1. The van der Waals surface area contributed by atoms with Gasteiger partial charge in [0.15, 0.2) is 35.0 Å². The molecule has 6 aromatic rings. The predicted molar refractivity (Wildman–Crippen MR) is 380 cm³/mol. The van der Waals surface area contributed by atoms with Crippen LogP contribution in [0.1, 0.15) is 178 Å². The molecule has 0 bridgehead atoms. The lowest BCUT2D eigenvalue weighted by molar-refractivity contribution is -0.338. The molecular weight excluding hydrogens is 1220 g/mol. The average molecular weight is 1310 g/mol. The number of rotatable bonds is 18. The van der Waals surface area contributed by atoms with E-state index in [0.29, 0.717) is 90.1 Å². The molecule has 6 atom stereocenters. The second kappa shape index (κ2) is 27.1. The van der Waals surface area contributed by atoms with Crippen molar-refractivity contribution in [1.82, 2.24) is 29.5 Å². The Morgan fingerprint density at radius 2 is 1.03 bits per heavy atom. The minimum Gasteiger partial charge on any atom is -0.496 e. The summed E-state index contributed by atoms with van der Waals surface area (Å²) >= 11 is 0. The molecule has 4 aliphatic heterocycles. The Morgan fingerprint density at radius 3 is 1.48 bits per heavy atom. The summed E-state index contributed by atoms with van der Waals surface area (Å²) in [5.74, 6) is 5.66. The number of nitrogens with zero attached hydrogens (tertiary/aromatic N) is 12. The molecule has 2 aromatic heterocycles. The van der Waals surface area contributed by atoms with Gasteiger partial charge >= 0.3 is 5.97 Å². The molecule has 0 amide bonds. The summed E-state index contributed by atoms with van der Waals surface area (Å²) in [7, 11) is 3.30. The summed E-state index contributed by atoms with van der Waals surface area (Å²) in [6.45, 7) is 37.5. The lowest BCUT2D eigenvalue weighted by atomic mass is 9.75. The Labute approximate surface area is 572 Å². The Kier molecular flexibility index (Phi) is 19.1. The van der Waals surface area contributed by atoms with E-state index in [9.17, 15) is 15.3 Å². The average Bonchev–Trinajstić information content (AvgIpc) is 1.69. The molecule has 510 valence electrons. The third-order valence-electron chi connectivity index (χ3n) is 21.6. The Morgan fingerprint density at radius 1 is 0.588 bits per heavy atom. The molecule has 4 aromatic carbocycles. The lowest BCUT2D eigenvalue weighted by Crippen LogP contribution is -2.50. The van der Waals surface area contributed by atoms with E-state index in [1.165, 1.54) is 5.56 Å². The van der Waals surface area contributed by atoms with Gasteiger partial charge in [-0.2, -0.15) is 19.9 Å². The van der Waals surface area contributed by atoms with E-state index >= 15 is 0 Å². The lowest BCUT2D eigenvalue weighted by Gasteiger charge is -2.48. The number of nitriles is 2. The van der Waals surface area contributed by atoms with Gasteiger partial charge in [0.25, 0.3) is 0 Å². The summed E-state index contributed by atoms with van der Waals surface area (Å²) in [6, 6.07) is 25.2. The van der Waals surface area contributed by atoms with Crippen LogP contribution >= 0.6 is 0 Å². The topological polar surface area (TPSA) is 213 Å². The van der Waals surface area contributed by atoms with Gasteiger partial charge in [0.2, 0.25) is 0 Å². The minimum atomic E-state index is -0.592. The zero-order chi connectivity index (χ0) is 69.3. The number of fused-ring (bicyclic) bond motifs is 4. The Hall–Kier alpha value is -8.49. The molecule has 0 N–H and O–H groups in total. The van der Waals surface area contributed by atoms with Crippen LogP contribution in [0, 0.1) is 85.9 Å². The molecule has 6 unspecified atom stereocenters. The number of hydrogen-bond donors (Lipinski definition) is 0. The van der Waals surface area contributed by atoms with Gasteiger partial charge in [0, 0.05) is 52.2 Å². The maximum absolute atomic E-state index is 14.6. The number of aromatic nitrogens is 6. The second-order valence-electron chi connectivity index (χ2n) is 30.3. The van der Waals surface area contributed by atoms with Crippen molar-refractivity contribution in [3.8, 4) is 46.4 Å². The Balaban J connectivity index is 0.788. The van der Waals surface area contributed by atoms with Gasteiger partial charge in [-0.3, -0.25) is 0 Å². The standard InChI is InChI=1S/C78H96N12O7/c1-42-27-48(7)68(49(8)28-42)96-76(91)67-59(40-80)73(90-75(67)84-71(86-90)55-20-22-66(93-18)47(6)32-55)82-62-36-57-53(12)38-78(15,16)88(64(57)34-45(62)4)24-26-94-25-23-87-63-33-44(3)61(35-56(63)52(11)37-77(87,13)14)81-72-58(39-79)60(41-95-97-69-50(9)29-43(2)30-51(69)10)74-83-70(85-89(72)74)54-19-21-65(92-17)46(5)31-54/h19-22,31-36,42-43,48-53,68-69H,23-30,37-38,41H2,1-18H3/b81-72+,82-73+. The van der Waals surface area contributed by atoms with Gasteiger partial charge in [-0.1, -0.05) is 55.4 Å². The highest BCUT2D eigenvalue weighted by Crippen LogP contribution is 2.49. The number of carbonyl (C=O) groups is 1. The fraction of sp³-hybridized carbons (Fsp3) is 0.526. The quantitative estimate of drug-likeness (QED) is 0.0339. The van der Waals surface area contributed by atoms with Crippen molar-refractivity contribution in [2.24, 2.45) is 45.5 Å². The molecule has 0 saturated heterocycles. The van der Waals surface area contributed by atoms with Gasteiger partial charge in [-0.15, -0.1) is 10.2 Å². The van der Waals surface area contributed by atoms with Gasteiger partial charge in [0.1, 0.15) is 53.1 Å². The molecule has 2 aliphatic carbocycles. The van der Waals surface area contributed by atoms with Crippen LogP contribution < -0.4 is 19.3 Å². The van der Waals surface area contributed by atoms with E-state index in [-0.39, 0.29) is 76.4 Å². The summed E-state index contributed by atoms with van der Waals surface area (Å²) in [6.07, 6.45) is 5.45. The molecule has 2 fully saturated rings. The van der Waals surface area contributed by atoms with Crippen molar-refractivity contribution < 1.29 is 33.5 Å². The van der Waals surface area contributed by atoms with E-state index in [4.69, 9.17) is 58.9 Å². The highest BCUT2D eigenvalue weighted by molar-refractivity contribution is 6.30. The van der Waals surface area contributed by atoms with Crippen LogP contribution in [-0.2, 0) is 24.0 Å². The van der Waals surface area contributed by atoms with Crippen LogP contribution in [0.5, 0.6) is 11.5 Å². The molecule has 2 saturated carbocycles. The molecule has 97 heavy (non-hydrogen) atoms. The Bertz CT molecular complexity index is 4260. The molecule has 19 heteroatoms. The maximum atomic E-state index is 14.6. The first-order valence-electron chi connectivity index (χ1n) is 34.8. The molecular formula is C78H96N12O7. The number of anilines is 2. The minimum absolute atomic E-state index is 0.00592. The zero-order valence-corrected chi connectivity index (χ0v) is 60.0. The number of methoxy groups -OCH3 is 2. The van der Waals surface area contributed by atoms with Crippen molar-refractivity contribution >= 4 is 51.5 Å². The van der Waals surface area contributed by atoms with E-state index < -0.39 is 5.97 Å². The smallest absolute Gasteiger partial charge is 0.343 e. The van der Waals surface area contributed by atoms with E-state index in [1.807, 2.05) is 57.2 Å². The van der Waals surface area contributed by atoms with Crippen LogP contribution in [0.2, 0.25) is 0 Å². The molecule has 19 nitrogen and oxygen atoms in total. The third-order valence-corrected chi connectivity index (χ3v) is 21.6. The van der Waals surface area contributed by atoms with Gasteiger partial charge in [-0.05, 0) is 235 Å². The second-order valence-corrected chi connectivity index (χ2v) is 30.3. The van der Waals surface area contributed by atoms with Gasteiger partial charge in [0.05, 0.1) is 44.9 Å². The van der Waals surface area contributed by atoms with Crippen LogP contribution in [0.25, 0.3) is 33.9 Å². The zero-order valence-electron chi connectivity index (χ0n) is 60.0. The van der Waals surface area contributed by atoms with Crippen LogP contribution in [0.4, 0.5) is 22.7 Å². The summed E-state index contributed by atoms with van der Waals surface area (Å²) in [5, 5.41) is 32.0. The van der Waals surface area contributed by atoms with Crippen LogP contribution in [0.15, 0.2) is 81.8 Å². The summed E-state index contributed by atoms with van der Waals surface area (Å²) in [5.41, 5.74) is 12.0. The van der Waals surface area contributed by atoms with Crippen molar-refractivity contribution in [3.05, 3.63) is 117 Å². The molecule has 6 heterocycles. The predicted octanol–water partition coefficient (Wildman–Crippen LogP) is 15.7. The first-order valence-corrected chi connectivity index (χ1v) is 34.8. The fourth-order valence-corrected chi connectivity index (χ4v) is 17.1. The summed E-state index contributed by atoms with van der Waals surface area (Å²) < 4.78 is 27.5. The van der Waals surface area contributed by atoms with Crippen molar-refractivity contribution in [1.29, 1.82) is 10.5 Å².